The highest BCUT2D eigenvalue weighted by Crippen LogP contribution is 2.29. The standard InChI is InChI=1S/C16H25BrFN/c1-15(2,3)19-9-8-16(4,5)11-12-6-7-13(18)10-14(12)17/h6-7,10,19H,8-9,11H2,1-5H3. The topological polar surface area (TPSA) is 12.0 Å². The lowest BCUT2D eigenvalue weighted by Gasteiger charge is -2.28. The van der Waals surface area contributed by atoms with E-state index in [1.165, 1.54) is 11.6 Å². The Morgan fingerprint density at radius 3 is 2.32 bits per heavy atom. The van der Waals surface area contributed by atoms with Gasteiger partial charge in [0, 0.05) is 10.0 Å². The van der Waals surface area contributed by atoms with E-state index in [-0.39, 0.29) is 16.8 Å². The summed E-state index contributed by atoms with van der Waals surface area (Å²) >= 11 is 3.44. The molecule has 1 rings (SSSR count). The van der Waals surface area contributed by atoms with Crippen molar-refractivity contribution < 1.29 is 4.39 Å². The summed E-state index contributed by atoms with van der Waals surface area (Å²) in [6.07, 6.45) is 2.04. The molecule has 1 aromatic rings. The van der Waals surface area contributed by atoms with Crippen molar-refractivity contribution >= 4 is 15.9 Å². The number of rotatable bonds is 5. The van der Waals surface area contributed by atoms with Gasteiger partial charge >= 0.3 is 0 Å². The van der Waals surface area contributed by atoms with Crippen molar-refractivity contribution in [2.75, 3.05) is 6.54 Å². The van der Waals surface area contributed by atoms with E-state index in [0.717, 1.165) is 23.9 Å². The van der Waals surface area contributed by atoms with Crippen molar-refractivity contribution in [2.24, 2.45) is 5.41 Å². The predicted molar refractivity (Wildman–Crippen MR) is 84.0 cm³/mol. The molecule has 0 amide bonds. The Balaban J connectivity index is 2.58. The van der Waals surface area contributed by atoms with Crippen molar-refractivity contribution in [3.63, 3.8) is 0 Å². The fourth-order valence-corrected chi connectivity index (χ4v) is 2.54. The normalized spacial score (nSPS) is 12.8. The van der Waals surface area contributed by atoms with E-state index in [9.17, 15) is 4.39 Å². The summed E-state index contributed by atoms with van der Waals surface area (Å²) in [5, 5.41) is 3.52. The number of nitrogens with one attached hydrogen (secondary N) is 1. The first-order valence-corrected chi connectivity index (χ1v) is 7.57. The quantitative estimate of drug-likeness (QED) is 0.807. The molecule has 1 N–H and O–H groups in total. The highest BCUT2D eigenvalue weighted by atomic mass is 79.9. The molecule has 0 aromatic heterocycles. The van der Waals surface area contributed by atoms with Crippen LogP contribution in [0.5, 0.6) is 0 Å². The molecule has 0 bridgehead atoms. The van der Waals surface area contributed by atoms with Gasteiger partial charge in [0.25, 0.3) is 0 Å². The number of halogens is 2. The largest absolute Gasteiger partial charge is 0.312 e. The van der Waals surface area contributed by atoms with Gasteiger partial charge in [0.2, 0.25) is 0 Å². The van der Waals surface area contributed by atoms with E-state index in [1.54, 1.807) is 6.07 Å². The highest BCUT2D eigenvalue weighted by Gasteiger charge is 2.20. The van der Waals surface area contributed by atoms with Crippen LogP contribution in [0.2, 0.25) is 0 Å². The fraction of sp³-hybridized carbons (Fsp3) is 0.625. The van der Waals surface area contributed by atoms with Gasteiger partial charge in [-0.15, -0.1) is 0 Å². The molecule has 0 aliphatic rings. The first kappa shape index (κ1) is 16.6. The van der Waals surface area contributed by atoms with Crippen LogP contribution in [0.15, 0.2) is 22.7 Å². The average Bonchev–Trinajstić information content (AvgIpc) is 2.20. The van der Waals surface area contributed by atoms with E-state index in [2.05, 4.69) is 55.9 Å². The molecule has 0 heterocycles. The molecule has 0 aliphatic heterocycles. The van der Waals surface area contributed by atoms with Gasteiger partial charge in [0.05, 0.1) is 0 Å². The Morgan fingerprint density at radius 1 is 1.16 bits per heavy atom. The summed E-state index contributed by atoms with van der Waals surface area (Å²) in [6.45, 7) is 12.0. The van der Waals surface area contributed by atoms with Gasteiger partial charge < -0.3 is 5.32 Å². The van der Waals surface area contributed by atoms with E-state index in [1.807, 2.05) is 6.07 Å². The van der Waals surface area contributed by atoms with Crippen LogP contribution in [0.25, 0.3) is 0 Å². The minimum atomic E-state index is -0.192. The molecule has 0 unspecified atom stereocenters. The summed E-state index contributed by atoms with van der Waals surface area (Å²) in [5.41, 5.74) is 1.52. The summed E-state index contributed by atoms with van der Waals surface area (Å²) in [5.74, 6) is -0.192. The summed E-state index contributed by atoms with van der Waals surface area (Å²) in [4.78, 5) is 0. The second-order valence-electron chi connectivity index (χ2n) is 7.00. The van der Waals surface area contributed by atoms with Crippen LogP contribution in [-0.4, -0.2) is 12.1 Å². The summed E-state index contributed by atoms with van der Waals surface area (Å²) < 4.78 is 13.9. The minimum Gasteiger partial charge on any atom is -0.312 e. The third kappa shape index (κ3) is 6.53. The number of hydrogen-bond acceptors (Lipinski definition) is 1. The Hall–Kier alpha value is -0.410. The minimum absolute atomic E-state index is 0.159. The van der Waals surface area contributed by atoms with Crippen LogP contribution in [-0.2, 0) is 6.42 Å². The Bertz CT molecular complexity index is 421. The van der Waals surface area contributed by atoms with E-state index < -0.39 is 0 Å². The molecule has 0 aliphatic carbocycles. The maximum absolute atomic E-state index is 13.1. The first-order chi connectivity index (χ1) is 8.59. The molecule has 108 valence electrons. The van der Waals surface area contributed by atoms with Gasteiger partial charge in [0.1, 0.15) is 5.82 Å². The summed E-state index contributed by atoms with van der Waals surface area (Å²) in [6, 6.07) is 4.95. The van der Waals surface area contributed by atoms with Crippen LogP contribution in [0.4, 0.5) is 4.39 Å². The van der Waals surface area contributed by atoms with Crippen molar-refractivity contribution in [2.45, 2.75) is 53.0 Å². The highest BCUT2D eigenvalue weighted by molar-refractivity contribution is 9.10. The molecule has 0 saturated heterocycles. The molecular weight excluding hydrogens is 305 g/mol. The van der Waals surface area contributed by atoms with Gasteiger partial charge in [-0.3, -0.25) is 0 Å². The Labute approximate surface area is 125 Å². The molecule has 1 nitrogen and oxygen atoms in total. The van der Waals surface area contributed by atoms with Gasteiger partial charge in [-0.1, -0.05) is 35.8 Å². The maximum Gasteiger partial charge on any atom is 0.124 e. The third-order valence-corrected chi connectivity index (χ3v) is 3.88. The van der Waals surface area contributed by atoms with Crippen LogP contribution < -0.4 is 5.32 Å². The van der Waals surface area contributed by atoms with Crippen molar-refractivity contribution in [1.82, 2.24) is 5.32 Å². The molecule has 0 radical (unpaired) electrons. The SMILES string of the molecule is CC(C)(CCNC(C)(C)C)Cc1ccc(F)cc1Br. The van der Waals surface area contributed by atoms with E-state index in [0.29, 0.717) is 0 Å². The van der Waals surface area contributed by atoms with E-state index >= 15 is 0 Å². The third-order valence-electron chi connectivity index (χ3n) is 3.14. The monoisotopic (exact) mass is 329 g/mol. The zero-order valence-corrected chi connectivity index (χ0v) is 14.2. The van der Waals surface area contributed by atoms with Crippen LogP contribution in [0, 0.1) is 11.2 Å². The zero-order valence-electron chi connectivity index (χ0n) is 12.6. The lowest BCUT2D eigenvalue weighted by Crippen LogP contribution is -2.38. The lowest BCUT2D eigenvalue weighted by molar-refractivity contribution is 0.302. The second-order valence-corrected chi connectivity index (χ2v) is 7.86. The number of hydrogen-bond donors (Lipinski definition) is 1. The molecule has 0 saturated carbocycles. The van der Waals surface area contributed by atoms with Gasteiger partial charge in [-0.2, -0.15) is 0 Å². The fourth-order valence-electron chi connectivity index (χ4n) is 2.04. The second kappa shape index (κ2) is 6.36. The molecule has 0 atom stereocenters. The van der Waals surface area contributed by atoms with Crippen molar-refractivity contribution in [3.05, 3.63) is 34.1 Å². The van der Waals surface area contributed by atoms with Gasteiger partial charge in [-0.05, 0) is 63.3 Å². The van der Waals surface area contributed by atoms with Gasteiger partial charge in [0.15, 0.2) is 0 Å². The van der Waals surface area contributed by atoms with Crippen molar-refractivity contribution in [3.8, 4) is 0 Å². The molecule has 19 heavy (non-hydrogen) atoms. The van der Waals surface area contributed by atoms with E-state index in [4.69, 9.17) is 0 Å². The molecular formula is C16H25BrFN. The maximum atomic E-state index is 13.1. The van der Waals surface area contributed by atoms with Crippen LogP contribution in [0.1, 0.15) is 46.6 Å². The first-order valence-electron chi connectivity index (χ1n) is 6.78. The Kier molecular flexibility index (Phi) is 5.57. The smallest absolute Gasteiger partial charge is 0.124 e. The lowest BCUT2D eigenvalue weighted by atomic mass is 9.82. The molecule has 1 aromatic carbocycles. The molecule has 3 heteroatoms. The molecule has 0 fully saturated rings. The van der Waals surface area contributed by atoms with Crippen molar-refractivity contribution in [1.29, 1.82) is 0 Å². The molecule has 0 spiro atoms. The predicted octanol–water partition coefficient (Wildman–Crippen LogP) is 4.94. The average molecular weight is 330 g/mol. The van der Waals surface area contributed by atoms with Gasteiger partial charge in [-0.25, -0.2) is 4.39 Å². The Morgan fingerprint density at radius 2 is 1.79 bits per heavy atom. The number of benzene rings is 1. The summed E-state index contributed by atoms with van der Waals surface area (Å²) in [7, 11) is 0. The van der Waals surface area contributed by atoms with Crippen LogP contribution >= 0.6 is 15.9 Å². The van der Waals surface area contributed by atoms with Crippen LogP contribution in [0.3, 0.4) is 0 Å². The zero-order chi connectivity index (χ0) is 14.7.